The van der Waals surface area contributed by atoms with Crippen LogP contribution in [0.1, 0.15) is 38.9 Å². The SMILES string of the molecule is CCC(C)NC(=O)C(C)NCC(O)c1ccsc1. The first-order chi connectivity index (χ1) is 8.54. The third-order valence-corrected chi connectivity index (χ3v) is 3.64. The molecule has 0 bridgehead atoms. The Morgan fingerprint density at radius 3 is 2.78 bits per heavy atom. The topological polar surface area (TPSA) is 61.4 Å². The summed E-state index contributed by atoms with van der Waals surface area (Å²) in [6.07, 6.45) is 0.353. The fourth-order valence-corrected chi connectivity index (χ4v) is 2.14. The van der Waals surface area contributed by atoms with Gasteiger partial charge in [0.15, 0.2) is 0 Å². The van der Waals surface area contributed by atoms with Crippen LogP contribution in [0, 0.1) is 0 Å². The third kappa shape index (κ3) is 4.76. The molecule has 0 saturated heterocycles. The molecule has 3 unspecified atom stereocenters. The van der Waals surface area contributed by atoms with Crippen LogP contribution in [-0.2, 0) is 4.79 Å². The van der Waals surface area contributed by atoms with E-state index in [0.717, 1.165) is 12.0 Å². The number of nitrogens with one attached hydrogen (secondary N) is 2. The predicted molar refractivity (Wildman–Crippen MR) is 74.6 cm³/mol. The number of hydrogen-bond acceptors (Lipinski definition) is 4. The Labute approximate surface area is 112 Å². The zero-order chi connectivity index (χ0) is 13.5. The molecule has 4 nitrogen and oxygen atoms in total. The van der Waals surface area contributed by atoms with Crippen LogP contribution in [0.25, 0.3) is 0 Å². The van der Waals surface area contributed by atoms with Gasteiger partial charge in [0.05, 0.1) is 12.1 Å². The second-order valence-corrected chi connectivity index (χ2v) is 5.30. The van der Waals surface area contributed by atoms with Gasteiger partial charge in [-0.1, -0.05) is 6.92 Å². The summed E-state index contributed by atoms with van der Waals surface area (Å²) in [5, 5.41) is 19.7. The number of carbonyl (C=O) groups is 1. The van der Waals surface area contributed by atoms with Crippen molar-refractivity contribution in [3.8, 4) is 0 Å². The molecule has 0 aliphatic rings. The van der Waals surface area contributed by atoms with Crippen molar-refractivity contribution in [1.29, 1.82) is 0 Å². The van der Waals surface area contributed by atoms with Gasteiger partial charge in [-0.2, -0.15) is 11.3 Å². The second kappa shape index (κ2) is 7.51. The molecule has 0 spiro atoms. The molecule has 0 fully saturated rings. The van der Waals surface area contributed by atoms with Crippen molar-refractivity contribution in [3.63, 3.8) is 0 Å². The Hall–Kier alpha value is -0.910. The average Bonchev–Trinajstić information content (AvgIpc) is 2.88. The number of thiophene rings is 1. The van der Waals surface area contributed by atoms with Crippen LogP contribution >= 0.6 is 11.3 Å². The van der Waals surface area contributed by atoms with Crippen molar-refractivity contribution >= 4 is 17.2 Å². The molecular weight excluding hydrogens is 248 g/mol. The quantitative estimate of drug-likeness (QED) is 0.706. The molecule has 102 valence electrons. The molecule has 0 aliphatic carbocycles. The van der Waals surface area contributed by atoms with E-state index in [1.807, 2.05) is 30.7 Å². The normalized spacial score (nSPS) is 16.0. The molecule has 1 amide bonds. The monoisotopic (exact) mass is 270 g/mol. The molecule has 3 N–H and O–H groups in total. The Balaban J connectivity index is 2.32. The van der Waals surface area contributed by atoms with Gasteiger partial charge in [-0.3, -0.25) is 4.79 Å². The van der Waals surface area contributed by atoms with Gasteiger partial charge in [0.2, 0.25) is 5.91 Å². The molecule has 0 aliphatic heterocycles. The van der Waals surface area contributed by atoms with E-state index in [1.54, 1.807) is 18.3 Å². The molecule has 0 saturated carbocycles. The van der Waals surface area contributed by atoms with Crippen molar-refractivity contribution in [2.75, 3.05) is 6.54 Å². The van der Waals surface area contributed by atoms with E-state index < -0.39 is 6.10 Å². The molecule has 5 heteroatoms. The van der Waals surface area contributed by atoms with Crippen LogP contribution in [0.2, 0.25) is 0 Å². The van der Waals surface area contributed by atoms with Crippen LogP contribution in [-0.4, -0.2) is 29.6 Å². The predicted octanol–water partition coefficient (Wildman–Crippen LogP) is 1.67. The highest BCUT2D eigenvalue weighted by Gasteiger charge is 2.16. The van der Waals surface area contributed by atoms with E-state index in [2.05, 4.69) is 10.6 Å². The molecule has 18 heavy (non-hydrogen) atoms. The summed E-state index contributed by atoms with van der Waals surface area (Å²) in [6.45, 7) is 6.19. The molecule has 0 aromatic carbocycles. The molecular formula is C13H22N2O2S. The lowest BCUT2D eigenvalue weighted by Gasteiger charge is -2.19. The summed E-state index contributed by atoms with van der Waals surface area (Å²) < 4.78 is 0. The summed E-state index contributed by atoms with van der Waals surface area (Å²) >= 11 is 1.55. The van der Waals surface area contributed by atoms with E-state index in [-0.39, 0.29) is 18.0 Å². The third-order valence-electron chi connectivity index (χ3n) is 2.94. The highest BCUT2D eigenvalue weighted by atomic mass is 32.1. The van der Waals surface area contributed by atoms with Crippen molar-refractivity contribution in [3.05, 3.63) is 22.4 Å². The summed E-state index contributed by atoms with van der Waals surface area (Å²) in [5.41, 5.74) is 0.891. The number of amides is 1. The van der Waals surface area contributed by atoms with Gasteiger partial charge in [0.25, 0.3) is 0 Å². The van der Waals surface area contributed by atoms with Crippen LogP contribution in [0.3, 0.4) is 0 Å². The average molecular weight is 270 g/mol. The Morgan fingerprint density at radius 1 is 1.50 bits per heavy atom. The summed E-state index contributed by atoms with van der Waals surface area (Å²) in [5.74, 6) is -0.0260. The van der Waals surface area contributed by atoms with Gasteiger partial charge in [-0.25, -0.2) is 0 Å². The Bertz CT molecular complexity index is 354. The molecule has 1 aromatic heterocycles. The fourth-order valence-electron chi connectivity index (χ4n) is 1.43. The van der Waals surface area contributed by atoms with Crippen molar-refractivity contribution in [2.24, 2.45) is 0 Å². The van der Waals surface area contributed by atoms with Gasteiger partial charge in [-0.15, -0.1) is 0 Å². The maximum atomic E-state index is 11.8. The molecule has 1 aromatic rings. The smallest absolute Gasteiger partial charge is 0.237 e. The Kier molecular flexibility index (Phi) is 6.32. The van der Waals surface area contributed by atoms with Gasteiger partial charge in [0.1, 0.15) is 0 Å². The molecule has 1 rings (SSSR count). The lowest BCUT2D eigenvalue weighted by molar-refractivity contribution is -0.123. The highest BCUT2D eigenvalue weighted by molar-refractivity contribution is 7.07. The maximum absolute atomic E-state index is 11.8. The number of hydrogen-bond donors (Lipinski definition) is 3. The van der Waals surface area contributed by atoms with Gasteiger partial charge in [-0.05, 0) is 42.7 Å². The number of aliphatic hydroxyl groups is 1. The minimum atomic E-state index is -0.560. The van der Waals surface area contributed by atoms with Crippen molar-refractivity contribution < 1.29 is 9.90 Å². The van der Waals surface area contributed by atoms with Gasteiger partial charge in [0, 0.05) is 12.6 Å². The maximum Gasteiger partial charge on any atom is 0.237 e. The minimum absolute atomic E-state index is 0.0260. The van der Waals surface area contributed by atoms with Crippen molar-refractivity contribution in [1.82, 2.24) is 10.6 Å². The summed E-state index contributed by atoms with van der Waals surface area (Å²) in [7, 11) is 0. The van der Waals surface area contributed by atoms with Crippen LogP contribution in [0.4, 0.5) is 0 Å². The number of aliphatic hydroxyl groups excluding tert-OH is 1. The number of carbonyl (C=O) groups excluding carboxylic acids is 1. The molecule has 0 radical (unpaired) electrons. The highest BCUT2D eigenvalue weighted by Crippen LogP contribution is 2.15. The van der Waals surface area contributed by atoms with E-state index in [4.69, 9.17) is 0 Å². The second-order valence-electron chi connectivity index (χ2n) is 4.52. The number of rotatable bonds is 7. The van der Waals surface area contributed by atoms with Gasteiger partial charge >= 0.3 is 0 Å². The van der Waals surface area contributed by atoms with Crippen LogP contribution in [0.15, 0.2) is 16.8 Å². The Morgan fingerprint density at radius 2 is 2.22 bits per heavy atom. The lowest BCUT2D eigenvalue weighted by atomic mass is 10.2. The van der Waals surface area contributed by atoms with Crippen LogP contribution in [0.5, 0.6) is 0 Å². The fraction of sp³-hybridized carbons (Fsp3) is 0.615. The zero-order valence-electron chi connectivity index (χ0n) is 11.1. The van der Waals surface area contributed by atoms with E-state index in [9.17, 15) is 9.90 Å². The zero-order valence-corrected chi connectivity index (χ0v) is 12.0. The minimum Gasteiger partial charge on any atom is -0.387 e. The largest absolute Gasteiger partial charge is 0.387 e. The molecule has 1 heterocycles. The molecule has 3 atom stereocenters. The first-order valence-electron chi connectivity index (χ1n) is 6.28. The van der Waals surface area contributed by atoms with E-state index in [0.29, 0.717) is 6.54 Å². The van der Waals surface area contributed by atoms with E-state index in [1.165, 1.54) is 0 Å². The summed E-state index contributed by atoms with van der Waals surface area (Å²) in [6, 6.07) is 1.77. The first kappa shape index (κ1) is 15.1. The van der Waals surface area contributed by atoms with Gasteiger partial charge < -0.3 is 15.7 Å². The van der Waals surface area contributed by atoms with Crippen molar-refractivity contribution in [2.45, 2.75) is 45.4 Å². The van der Waals surface area contributed by atoms with E-state index >= 15 is 0 Å². The van der Waals surface area contributed by atoms with Crippen LogP contribution < -0.4 is 10.6 Å². The first-order valence-corrected chi connectivity index (χ1v) is 7.22. The summed E-state index contributed by atoms with van der Waals surface area (Å²) in [4.78, 5) is 11.8. The standard InChI is InChI=1S/C13H22N2O2S/c1-4-9(2)15-13(17)10(3)14-7-12(16)11-5-6-18-8-11/h5-6,8-10,12,14,16H,4,7H2,1-3H3,(H,15,17). The lowest BCUT2D eigenvalue weighted by Crippen LogP contribution is -2.46.